The van der Waals surface area contributed by atoms with E-state index in [-0.39, 0.29) is 23.5 Å². The van der Waals surface area contributed by atoms with Crippen molar-refractivity contribution in [3.05, 3.63) is 0 Å². The van der Waals surface area contributed by atoms with Gasteiger partial charge in [-0.1, -0.05) is 26.7 Å². The molecule has 1 rings (SSSR count). The van der Waals surface area contributed by atoms with Gasteiger partial charge in [-0.3, -0.25) is 4.79 Å². The lowest BCUT2D eigenvalue weighted by Gasteiger charge is -2.34. The van der Waals surface area contributed by atoms with Gasteiger partial charge in [0.15, 0.2) is 0 Å². The molecule has 0 radical (unpaired) electrons. The summed E-state index contributed by atoms with van der Waals surface area (Å²) in [5.41, 5.74) is 5.52. The summed E-state index contributed by atoms with van der Waals surface area (Å²) >= 11 is 0. The number of aliphatic hydroxyl groups is 1. The van der Waals surface area contributed by atoms with Crippen LogP contribution in [0, 0.1) is 5.41 Å². The highest BCUT2D eigenvalue weighted by atomic mass is 16.3. The molecule has 1 amide bonds. The third-order valence-electron chi connectivity index (χ3n) is 4.36. The summed E-state index contributed by atoms with van der Waals surface area (Å²) in [6.07, 6.45) is 6.85. The second-order valence-corrected chi connectivity index (χ2v) is 5.96. The SMILES string of the molecule is CCCC(CN)(CCC)C(=O)NC1CCC(O)CC1. The molecule has 4 nitrogen and oxygen atoms in total. The number of nitrogens with two attached hydrogens (primary N) is 1. The van der Waals surface area contributed by atoms with E-state index >= 15 is 0 Å². The van der Waals surface area contributed by atoms with Gasteiger partial charge < -0.3 is 16.2 Å². The number of aliphatic hydroxyl groups excluding tert-OH is 1. The van der Waals surface area contributed by atoms with E-state index in [1.807, 2.05) is 0 Å². The first-order chi connectivity index (χ1) is 9.07. The van der Waals surface area contributed by atoms with Crippen LogP contribution in [0.25, 0.3) is 0 Å². The summed E-state index contributed by atoms with van der Waals surface area (Å²) in [5, 5.41) is 12.7. The monoisotopic (exact) mass is 270 g/mol. The van der Waals surface area contributed by atoms with Crippen LogP contribution in [0.1, 0.15) is 65.2 Å². The van der Waals surface area contributed by atoms with Gasteiger partial charge in [-0.25, -0.2) is 0 Å². The number of rotatable bonds is 7. The zero-order valence-corrected chi connectivity index (χ0v) is 12.5. The van der Waals surface area contributed by atoms with Crippen LogP contribution < -0.4 is 11.1 Å². The average molecular weight is 270 g/mol. The molecule has 0 aliphatic heterocycles. The molecule has 0 heterocycles. The van der Waals surface area contributed by atoms with Crippen LogP contribution in [-0.2, 0) is 4.79 Å². The van der Waals surface area contributed by atoms with Gasteiger partial charge in [0.2, 0.25) is 5.91 Å². The van der Waals surface area contributed by atoms with Crippen LogP contribution in [0.5, 0.6) is 0 Å². The highest BCUT2D eigenvalue weighted by Crippen LogP contribution is 2.30. The third-order valence-corrected chi connectivity index (χ3v) is 4.36. The Bertz CT molecular complexity index is 267. The lowest BCUT2D eigenvalue weighted by Crippen LogP contribution is -2.50. The highest BCUT2D eigenvalue weighted by molar-refractivity contribution is 5.83. The standard InChI is InChI=1S/C15H30N2O2/c1-3-9-15(11-16,10-4-2)14(19)17-12-5-7-13(18)8-6-12/h12-13,18H,3-11,16H2,1-2H3,(H,17,19). The van der Waals surface area contributed by atoms with E-state index in [0.717, 1.165) is 51.4 Å². The van der Waals surface area contributed by atoms with E-state index in [1.165, 1.54) is 0 Å². The molecule has 1 aliphatic rings. The maximum absolute atomic E-state index is 12.6. The predicted molar refractivity (Wildman–Crippen MR) is 77.7 cm³/mol. The summed E-state index contributed by atoms with van der Waals surface area (Å²) in [7, 11) is 0. The van der Waals surface area contributed by atoms with E-state index < -0.39 is 0 Å². The van der Waals surface area contributed by atoms with E-state index in [2.05, 4.69) is 19.2 Å². The van der Waals surface area contributed by atoms with Crippen LogP contribution in [0.4, 0.5) is 0 Å². The van der Waals surface area contributed by atoms with E-state index in [1.54, 1.807) is 0 Å². The summed E-state index contributed by atoms with van der Waals surface area (Å²) < 4.78 is 0. The molecule has 112 valence electrons. The zero-order chi connectivity index (χ0) is 14.3. The second-order valence-electron chi connectivity index (χ2n) is 5.96. The van der Waals surface area contributed by atoms with Crippen molar-refractivity contribution in [2.45, 2.75) is 77.4 Å². The Morgan fingerprint density at radius 3 is 2.16 bits per heavy atom. The van der Waals surface area contributed by atoms with Crippen molar-refractivity contribution < 1.29 is 9.90 Å². The van der Waals surface area contributed by atoms with Gasteiger partial charge in [0.1, 0.15) is 0 Å². The lowest BCUT2D eigenvalue weighted by molar-refractivity contribution is -0.132. The van der Waals surface area contributed by atoms with Crippen LogP contribution >= 0.6 is 0 Å². The number of hydrogen-bond donors (Lipinski definition) is 3. The van der Waals surface area contributed by atoms with Crippen molar-refractivity contribution in [1.29, 1.82) is 0 Å². The van der Waals surface area contributed by atoms with Gasteiger partial charge in [0, 0.05) is 12.6 Å². The molecule has 0 spiro atoms. The van der Waals surface area contributed by atoms with Crippen molar-refractivity contribution in [3.8, 4) is 0 Å². The Hall–Kier alpha value is -0.610. The average Bonchev–Trinajstić information content (AvgIpc) is 2.41. The molecule has 0 atom stereocenters. The third kappa shape index (κ3) is 4.46. The number of amides is 1. The van der Waals surface area contributed by atoms with Crippen LogP contribution in [-0.4, -0.2) is 29.7 Å². The Kier molecular flexibility index (Phi) is 6.80. The first-order valence-corrected chi connectivity index (χ1v) is 7.77. The van der Waals surface area contributed by atoms with Gasteiger partial charge in [-0.15, -0.1) is 0 Å². The van der Waals surface area contributed by atoms with Gasteiger partial charge in [-0.2, -0.15) is 0 Å². The van der Waals surface area contributed by atoms with Crippen molar-refractivity contribution in [1.82, 2.24) is 5.32 Å². The highest BCUT2D eigenvalue weighted by Gasteiger charge is 2.36. The first kappa shape index (κ1) is 16.4. The van der Waals surface area contributed by atoms with Gasteiger partial charge >= 0.3 is 0 Å². The molecule has 1 fully saturated rings. The first-order valence-electron chi connectivity index (χ1n) is 7.77. The minimum Gasteiger partial charge on any atom is -0.393 e. The molecule has 0 aromatic carbocycles. The molecule has 0 bridgehead atoms. The van der Waals surface area contributed by atoms with Crippen LogP contribution in [0.3, 0.4) is 0 Å². The number of carbonyl (C=O) groups excluding carboxylic acids is 1. The molecule has 0 aromatic heterocycles. The quantitative estimate of drug-likeness (QED) is 0.662. The molecule has 19 heavy (non-hydrogen) atoms. The van der Waals surface area contributed by atoms with Crippen molar-refractivity contribution >= 4 is 5.91 Å². The molecular weight excluding hydrogens is 240 g/mol. The van der Waals surface area contributed by atoms with Crippen molar-refractivity contribution in [2.75, 3.05) is 6.54 Å². The molecule has 0 unspecified atom stereocenters. The largest absolute Gasteiger partial charge is 0.393 e. The van der Waals surface area contributed by atoms with Crippen molar-refractivity contribution in [3.63, 3.8) is 0 Å². The van der Waals surface area contributed by atoms with Crippen LogP contribution in [0.15, 0.2) is 0 Å². The Balaban J connectivity index is 2.60. The Morgan fingerprint density at radius 2 is 1.74 bits per heavy atom. The smallest absolute Gasteiger partial charge is 0.227 e. The maximum atomic E-state index is 12.6. The second kappa shape index (κ2) is 7.85. The predicted octanol–water partition coefficient (Wildman–Crippen LogP) is 1.95. The van der Waals surface area contributed by atoms with Crippen molar-refractivity contribution in [2.24, 2.45) is 11.1 Å². The van der Waals surface area contributed by atoms with E-state index in [9.17, 15) is 9.90 Å². The van der Waals surface area contributed by atoms with E-state index in [0.29, 0.717) is 6.54 Å². The van der Waals surface area contributed by atoms with Crippen LogP contribution in [0.2, 0.25) is 0 Å². The number of carbonyl (C=O) groups is 1. The summed E-state index contributed by atoms with van der Waals surface area (Å²) in [6, 6.07) is 0.218. The Labute approximate surface area is 117 Å². The molecule has 4 N–H and O–H groups in total. The fourth-order valence-corrected chi connectivity index (χ4v) is 3.16. The minimum atomic E-state index is -0.389. The fourth-order valence-electron chi connectivity index (χ4n) is 3.16. The summed E-state index contributed by atoms with van der Waals surface area (Å²) in [5.74, 6) is 0.125. The fraction of sp³-hybridized carbons (Fsp3) is 0.933. The normalized spacial score (nSPS) is 24.2. The number of hydrogen-bond acceptors (Lipinski definition) is 3. The Morgan fingerprint density at radius 1 is 1.21 bits per heavy atom. The molecular formula is C15H30N2O2. The summed E-state index contributed by atoms with van der Waals surface area (Å²) in [6.45, 7) is 4.63. The lowest BCUT2D eigenvalue weighted by atomic mass is 9.78. The molecule has 4 heteroatoms. The number of nitrogens with one attached hydrogen (secondary N) is 1. The minimum absolute atomic E-state index is 0.125. The van der Waals surface area contributed by atoms with E-state index in [4.69, 9.17) is 5.73 Å². The topological polar surface area (TPSA) is 75.4 Å². The van der Waals surface area contributed by atoms with Gasteiger partial charge in [0.25, 0.3) is 0 Å². The summed E-state index contributed by atoms with van der Waals surface area (Å²) in [4.78, 5) is 12.6. The van der Waals surface area contributed by atoms with Gasteiger partial charge in [-0.05, 0) is 38.5 Å². The molecule has 1 aliphatic carbocycles. The molecule has 1 saturated carbocycles. The molecule has 0 aromatic rings. The maximum Gasteiger partial charge on any atom is 0.227 e. The molecule has 0 saturated heterocycles. The zero-order valence-electron chi connectivity index (χ0n) is 12.5. The van der Waals surface area contributed by atoms with Gasteiger partial charge in [0.05, 0.1) is 11.5 Å².